The van der Waals surface area contributed by atoms with E-state index in [9.17, 15) is 0 Å². The van der Waals surface area contributed by atoms with Gasteiger partial charge in [0.05, 0.1) is 0 Å². The molecule has 3 saturated carbocycles. The van der Waals surface area contributed by atoms with Crippen LogP contribution in [0.4, 0.5) is 0 Å². The fourth-order valence-electron chi connectivity index (χ4n) is 10.1. The first-order valence-corrected chi connectivity index (χ1v) is 20.9. The van der Waals surface area contributed by atoms with Crippen molar-refractivity contribution < 1.29 is 0 Å². The summed E-state index contributed by atoms with van der Waals surface area (Å²) in [6.07, 6.45) is 17.0. The molecule has 3 aliphatic carbocycles. The maximum atomic E-state index is 3.97. The van der Waals surface area contributed by atoms with Gasteiger partial charge in [-0.3, -0.25) is 9.80 Å². The molecule has 8 bridgehead atoms. The van der Waals surface area contributed by atoms with Crippen molar-refractivity contribution in [1.29, 1.82) is 0 Å². The maximum Gasteiger partial charge on any atom is 0.0255 e. The molecule has 10 aliphatic rings. The van der Waals surface area contributed by atoms with E-state index in [2.05, 4.69) is 104 Å². The average molecular weight is 689 g/mol. The summed E-state index contributed by atoms with van der Waals surface area (Å²) in [4.78, 5) is 5.70. The quantitative estimate of drug-likeness (QED) is 0.198. The second-order valence-electron chi connectivity index (χ2n) is 16.7. The van der Waals surface area contributed by atoms with Crippen LogP contribution in [0.15, 0.2) is 72.8 Å². The van der Waals surface area contributed by atoms with Gasteiger partial charge < -0.3 is 21.3 Å². The normalized spacial score (nSPS) is 32.7. The third kappa shape index (κ3) is 9.33. The highest BCUT2D eigenvalue weighted by Gasteiger charge is 2.36. The van der Waals surface area contributed by atoms with Crippen LogP contribution in [0.3, 0.4) is 0 Å². The Morgan fingerprint density at radius 2 is 0.608 bits per heavy atom. The van der Waals surface area contributed by atoms with Crippen LogP contribution in [0.5, 0.6) is 0 Å². The Hall–Kier alpha value is -2.58. The van der Waals surface area contributed by atoms with Gasteiger partial charge in [-0.05, 0) is 78.3 Å². The van der Waals surface area contributed by atoms with E-state index in [0.717, 1.165) is 39.3 Å². The minimum Gasteiger partial charge on any atom is -0.308 e. The van der Waals surface area contributed by atoms with E-state index in [4.69, 9.17) is 0 Å². The summed E-state index contributed by atoms with van der Waals surface area (Å²) in [6.45, 7) is 8.37. The first-order valence-electron chi connectivity index (χ1n) is 20.9. The molecule has 6 heteroatoms. The Kier molecular flexibility index (Phi) is 12.2. The highest BCUT2D eigenvalue weighted by molar-refractivity contribution is 5.25. The number of nitrogens with one attached hydrogen (secondary N) is 4. The number of hydrogen-bond donors (Lipinski definition) is 4. The van der Waals surface area contributed by atoms with Gasteiger partial charge in [0.25, 0.3) is 0 Å². The van der Waals surface area contributed by atoms with E-state index < -0.39 is 0 Å². The number of nitrogens with zero attached hydrogens (tertiary/aromatic N) is 2. The molecule has 13 rings (SSSR count). The zero-order valence-corrected chi connectivity index (χ0v) is 31.1. The largest absolute Gasteiger partial charge is 0.308 e. The highest BCUT2D eigenvalue weighted by atomic mass is 15.3. The third-order valence-corrected chi connectivity index (χ3v) is 13.2. The van der Waals surface area contributed by atoms with Crippen molar-refractivity contribution in [2.24, 2.45) is 0 Å². The van der Waals surface area contributed by atoms with E-state index in [0.29, 0.717) is 36.3 Å². The SMILES string of the molecule is c1cc2ccc1CN[C@@H]1CCCC[C@H]1NCc1ccc(cc1)CN1CCCN(Cc3ccc(cc3)CN[C@@H]3CCCC[C@H]3NC2)[C@@H]2CCCC[C@H]21. The van der Waals surface area contributed by atoms with Crippen LogP contribution in [0.1, 0.15) is 117 Å². The zero-order valence-electron chi connectivity index (χ0n) is 31.1. The van der Waals surface area contributed by atoms with Crippen LogP contribution in [-0.2, 0) is 39.3 Å². The molecule has 6 nitrogen and oxygen atoms in total. The molecule has 51 heavy (non-hydrogen) atoms. The van der Waals surface area contributed by atoms with Gasteiger partial charge in [-0.25, -0.2) is 0 Å². The van der Waals surface area contributed by atoms with Crippen LogP contribution < -0.4 is 21.3 Å². The molecule has 0 aromatic heterocycles. The van der Waals surface area contributed by atoms with Gasteiger partial charge in [-0.15, -0.1) is 0 Å². The summed E-state index contributed by atoms with van der Waals surface area (Å²) < 4.78 is 0. The van der Waals surface area contributed by atoms with Gasteiger partial charge in [0.1, 0.15) is 0 Å². The molecule has 3 aromatic carbocycles. The minimum atomic E-state index is 0.527. The highest BCUT2D eigenvalue weighted by Crippen LogP contribution is 2.32. The predicted molar refractivity (Wildman–Crippen MR) is 210 cm³/mol. The lowest BCUT2D eigenvalue weighted by Gasteiger charge is -2.42. The molecule has 0 radical (unpaired) electrons. The molecule has 0 amide bonds. The second kappa shape index (κ2) is 17.5. The Morgan fingerprint density at radius 1 is 0.333 bits per heavy atom. The Bertz CT molecular complexity index is 1380. The Morgan fingerprint density at radius 3 is 0.922 bits per heavy atom. The molecule has 4 fully saturated rings. The zero-order chi connectivity index (χ0) is 34.2. The maximum absolute atomic E-state index is 3.97. The van der Waals surface area contributed by atoms with E-state index in [-0.39, 0.29) is 0 Å². The fraction of sp³-hybridized carbons (Fsp3) is 0.600. The molecule has 4 N–H and O–H groups in total. The molecule has 1 saturated heterocycles. The monoisotopic (exact) mass is 689 g/mol. The second-order valence-corrected chi connectivity index (χ2v) is 16.7. The van der Waals surface area contributed by atoms with Crippen molar-refractivity contribution >= 4 is 0 Å². The van der Waals surface area contributed by atoms with Crippen molar-refractivity contribution in [2.75, 3.05) is 13.1 Å². The van der Waals surface area contributed by atoms with Gasteiger partial charge in [0, 0.05) is 88.6 Å². The molecule has 274 valence electrons. The molecule has 7 aliphatic heterocycles. The van der Waals surface area contributed by atoms with Gasteiger partial charge in [0.2, 0.25) is 0 Å². The molecule has 8 atom stereocenters. The van der Waals surface area contributed by atoms with Gasteiger partial charge >= 0.3 is 0 Å². The van der Waals surface area contributed by atoms with Crippen molar-refractivity contribution in [3.8, 4) is 0 Å². The summed E-state index contributed by atoms with van der Waals surface area (Å²) in [7, 11) is 0. The van der Waals surface area contributed by atoms with E-state index >= 15 is 0 Å². The summed E-state index contributed by atoms with van der Waals surface area (Å²) in [5.74, 6) is 0. The van der Waals surface area contributed by atoms with E-state index in [1.165, 1.54) is 130 Å². The first-order chi connectivity index (χ1) is 25.2. The number of hydrogen-bond acceptors (Lipinski definition) is 6. The summed E-state index contributed by atoms with van der Waals surface area (Å²) in [5.41, 5.74) is 8.53. The van der Waals surface area contributed by atoms with Crippen molar-refractivity contribution in [2.45, 2.75) is 159 Å². The Balaban J connectivity index is 0.993. The van der Waals surface area contributed by atoms with Crippen molar-refractivity contribution in [3.63, 3.8) is 0 Å². The lowest BCUT2D eigenvalue weighted by Crippen LogP contribution is -2.50. The first kappa shape index (κ1) is 35.4. The van der Waals surface area contributed by atoms with Crippen molar-refractivity contribution in [1.82, 2.24) is 31.1 Å². The van der Waals surface area contributed by atoms with Gasteiger partial charge in [-0.1, -0.05) is 111 Å². The molecule has 2 unspecified atom stereocenters. The molecule has 0 spiro atoms. The number of rotatable bonds is 0. The summed E-state index contributed by atoms with van der Waals surface area (Å²) in [6, 6.07) is 32.0. The fourth-order valence-corrected chi connectivity index (χ4v) is 10.1. The summed E-state index contributed by atoms with van der Waals surface area (Å²) >= 11 is 0. The molecular weight excluding hydrogens is 625 g/mol. The van der Waals surface area contributed by atoms with E-state index in [1.807, 2.05) is 0 Å². The molecular formula is C45H64N6. The van der Waals surface area contributed by atoms with Crippen LogP contribution in [0, 0.1) is 0 Å². The van der Waals surface area contributed by atoms with Crippen LogP contribution in [0.2, 0.25) is 0 Å². The standard InChI is InChI=1S/C45H64N6/c1-3-10-42-40(8-1)46-28-34-14-16-35(17-15-34)29-47-41-9-2-4-11-43(41)49-31-37-20-24-39(25-21-37)33-51-27-7-26-50(44-12-5-6-13-45(44)51)32-38-22-18-36(19-23-38)30-48-42/h14-25,40-49H,1-13,26-33H2/t40-,41-,42-,43-,44-,45-/m1/s1. The molecule has 3 aromatic rings. The summed E-state index contributed by atoms with van der Waals surface area (Å²) in [5, 5.41) is 15.9. The van der Waals surface area contributed by atoms with Crippen LogP contribution >= 0.6 is 0 Å². The van der Waals surface area contributed by atoms with E-state index in [1.54, 1.807) is 0 Å². The third-order valence-electron chi connectivity index (χ3n) is 13.2. The smallest absolute Gasteiger partial charge is 0.0255 e. The van der Waals surface area contributed by atoms with Crippen LogP contribution in [0.25, 0.3) is 0 Å². The van der Waals surface area contributed by atoms with Gasteiger partial charge in [-0.2, -0.15) is 0 Å². The Labute approximate surface area is 308 Å². The lowest BCUT2D eigenvalue weighted by molar-refractivity contribution is 0.0693. The van der Waals surface area contributed by atoms with Crippen molar-refractivity contribution in [3.05, 3.63) is 106 Å². The minimum absolute atomic E-state index is 0.527. The van der Waals surface area contributed by atoms with Gasteiger partial charge in [0.15, 0.2) is 0 Å². The lowest BCUT2D eigenvalue weighted by atomic mass is 9.88. The van der Waals surface area contributed by atoms with Crippen LogP contribution in [-0.4, -0.2) is 59.1 Å². The predicted octanol–water partition coefficient (Wildman–Crippen LogP) is 7.40. The average Bonchev–Trinajstić information content (AvgIpc) is 3.35. The number of benzene rings is 3. The molecule has 7 heterocycles. The topological polar surface area (TPSA) is 54.6 Å².